The van der Waals surface area contributed by atoms with E-state index in [-0.39, 0.29) is 24.1 Å². The van der Waals surface area contributed by atoms with Crippen LogP contribution in [0.2, 0.25) is 0 Å². The number of benzene rings is 2. The molecule has 4 rings (SSSR count). The molecule has 2 amide bonds. The Hall–Kier alpha value is -3.26. The Labute approximate surface area is 202 Å². The molecule has 178 valence electrons. The van der Waals surface area contributed by atoms with Crippen LogP contribution in [0.1, 0.15) is 36.3 Å². The fourth-order valence-corrected chi connectivity index (χ4v) is 5.07. The van der Waals surface area contributed by atoms with Crippen LogP contribution >= 0.6 is 11.3 Å². The highest BCUT2D eigenvalue weighted by atomic mass is 32.1. The second kappa shape index (κ2) is 10.8. The number of nitrogens with zero attached hydrogens (tertiary/aromatic N) is 1. The molecule has 2 heterocycles. The predicted molar refractivity (Wildman–Crippen MR) is 130 cm³/mol. The number of amides is 2. The standard InChI is InChI=1S/C26H28FN3O3S/c1-33-20-8-7-19(21(27)15-20)16-26(13-10-24(32)30-26)12-9-23(31)28-14-11-25-29-22(17-34-25)18-5-3-2-4-6-18/h2-8,15,17H,9-14,16H2,1H3,(H,28,31)(H,30,32)/t26-/m1/s1. The zero-order valence-corrected chi connectivity index (χ0v) is 19.9. The number of nitrogens with one attached hydrogen (secondary N) is 2. The second-order valence-electron chi connectivity index (χ2n) is 8.56. The van der Waals surface area contributed by atoms with E-state index in [1.807, 2.05) is 35.7 Å². The third-order valence-electron chi connectivity index (χ3n) is 6.14. The van der Waals surface area contributed by atoms with E-state index < -0.39 is 5.54 Å². The van der Waals surface area contributed by atoms with Crippen molar-refractivity contribution in [3.63, 3.8) is 0 Å². The molecule has 0 bridgehead atoms. The topological polar surface area (TPSA) is 80.3 Å². The van der Waals surface area contributed by atoms with Crippen molar-refractivity contribution in [1.29, 1.82) is 0 Å². The van der Waals surface area contributed by atoms with E-state index in [9.17, 15) is 14.0 Å². The van der Waals surface area contributed by atoms with Gasteiger partial charge in [0.2, 0.25) is 11.8 Å². The number of ether oxygens (including phenoxy) is 1. The van der Waals surface area contributed by atoms with Crippen molar-refractivity contribution in [2.45, 2.75) is 44.1 Å². The predicted octanol–water partition coefficient (Wildman–Crippen LogP) is 4.29. The van der Waals surface area contributed by atoms with Gasteiger partial charge >= 0.3 is 0 Å². The fraction of sp³-hybridized carbons (Fsp3) is 0.346. The zero-order chi connectivity index (χ0) is 24.0. The normalized spacial score (nSPS) is 17.4. The number of halogens is 1. The molecule has 6 nitrogen and oxygen atoms in total. The lowest BCUT2D eigenvalue weighted by Crippen LogP contribution is -2.44. The van der Waals surface area contributed by atoms with Gasteiger partial charge in [0.15, 0.2) is 0 Å². The Morgan fingerprint density at radius 1 is 1.26 bits per heavy atom. The van der Waals surface area contributed by atoms with Crippen molar-refractivity contribution in [1.82, 2.24) is 15.6 Å². The molecule has 0 aliphatic carbocycles. The molecule has 34 heavy (non-hydrogen) atoms. The number of rotatable bonds is 10. The summed E-state index contributed by atoms with van der Waals surface area (Å²) >= 11 is 1.58. The van der Waals surface area contributed by atoms with Crippen LogP contribution in [-0.2, 0) is 22.4 Å². The van der Waals surface area contributed by atoms with Gasteiger partial charge in [0.25, 0.3) is 0 Å². The van der Waals surface area contributed by atoms with Crippen LogP contribution in [0.3, 0.4) is 0 Å². The lowest BCUT2D eigenvalue weighted by Gasteiger charge is -2.29. The van der Waals surface area contributed by atoms with Crippen LogP contribution in [-0.4, -0.2) is 36.0 Å². The van der Waals surface area contributed by atoms with Crippen LogP contribution in [0, 0.1) is 5.82 Å². The minimum absolute atomic E-state index is 0.0627. The van der Waals surface area contributed by atoms with Crippen molar-refractivity contribution in [3.8, 4) is 17.0 Å². The molecule has 3 aromatic rings. The lowest BCUT2D eigenvalue weighted by molar-refractivity contribution is -0.122. The van der Waals surface area contributed by atoms with Gasteiger partial charge in [-0.2, -0.15) is 0 Å². The van der Waals surface area contributed by atoms with Crippen molar-refractivity contribution in [2.75, 3.05) is 13.7 Å². The van der Waals surface area contributed by atoms with Crippen LogP contribution in [0.15, 0.2) is 53.9 Å². The number of methoxy groups -OCH3 is 1. The average Bonchev–Trinajstić information content (AvgIpc) is 3.47. The van der Waals surface area contributed by atoms with Gasteiger partial charge in [0.05, 0.1) is 17.8 Å². The van der Waals surface area contributed by atoms with Crippen LogP contribution in [0.25, 0.3) is 11.3 Å². The Balaban J connectivity index is 1.29. The Morgan fingerprint density at radius 3 is 2.79 bits per heavy atom. The quantitative estimate of drug-likeness (QED) is 0.453. The van der Waals surface area contributed by atoms with Crippen molar-refractivity contribution in [3.05, 3.63) is 70.3 Å². The molecule has 8 heteroatoms. The molecule has 0 saturated carbocycles. The highest BCUT2D eigenvalue weighted by Crippen LogP contribution is 2.31. The first-order valence-corrected chi connectivity index (χ1v) is 12.2. The number of hydrogen-bond acceptors (Lipinski definition) is 5. The summed E-state index contributed by atoms with van der Waals surface area (Å²) in [6, 6.07) is 14.7. The molecule has 1 atom stereocenters. The second-order valence-corrected chi connectivity index (χ2v) is 9.50. The van der Waals surface area contributed by atoms with Gasteiger partial charge in [-0.05, 0) is 30.9 Å². The third-order valence-corrected chi connectivity index (χ3v) is 7.05. The Bertz CT molecular complexity index is 1150. The SMILES string of the molecule is COc1ccc(C[C@@]2(CCC(=O)NCCc3nc(-c4ccccc4)cs3)CCC(=O)N2)c(F)c1. The van der Waals surface area contributed by atoms with Gasteiger partial charge in [0.1, 0.15) is 11.6 Å². The van der Waals surface area contributed by atoms with E-state index in [0.29, 0.717) is 50.0 Å². The van der Waals surface area contributed by atoms with Crippen molar-refractivity contribution in [2.24, 2.45) is 0 Å². The highest BCUT2D eigenvalue weighted by Gasteiger charge is 2.38. The first kappa shape index (κ1) is 23.9. The summed E-state index contributed by atoms with van der Waals surface area (Å²) in [7, 11) is 1.49. The van der Waals surface area contributed by atoms with E-state index >= 15 is 0 Å². The van der Waals surface area contributed by atoms with E-state index in [4.69, 9.17) is 4.74 Å². The Morgan fingerprint density at radius 2 is 2.09 bits per heavy atom. The fourth-order valence-electron chi connectivity index (χ4n) is 4.26. The molecule has 1 aliphatic rings. The van der Waals surface area contributed by atoms with Gasteiger partial charge in [-0.3, -0.25) is 9.59 Å². The molecular formula is C26H28FN3O3S. The average molecular weight is 482 g/mol. The summed E-state index contributed by atoms with van der Waals surface area (Å²) in [5.41, 5.74) is 1.90. The molecule has 2 aromatic carbocycles. The summed E-state index contributed by atoms with van der Waals surface area (Å²) in [5, 5.41) is 8.94. The van der Waals surface area contributed by atoms with Crippen molar-refractivity contribution < 1.29 is 18.7 Å². The first-order chi connectivity index (χ1) is 16.5. The molecule has 1 fully saturated rings. The molecular weight excluding hydrogens is 453 g/mol. The van der Waals surface area contributed by atoms with Gasteiger partial charge in [0, 0.05) is 48.4 Å². The molecule has 0 radical (unpaired) electrons. The van der Waals surface area contributed by atoms with Crippen LogP contribution < -0.4 is 15.4 Å². The van der Waals surface area contributed by atoms with E-state index in [1.165, 1.54) is 13.2 Å². The number of carbonyl (C=O) groups excluding carboxylic acids is 2. The lowest BCUT2D eigenvalue weighted by atomic mass is 9.84. The van der Waals surface area contributed by atoms with Gasteiger partial charge < -0.3 is 15.4 Å². The monoisotopic (exact) mass is 481 g/mol. The number of thiazole rings is 1. The summed E-state index contributed by atoms with van der Waals surface area (Å²) in [4.78, 5) is 29.1. The third kappa shape index (κ3) is 5.99. The Kier molecular flexibility index (Phi) is 7.57. The summed E-state index contributed by atoms with van der Waals surface area (Å²) in [6.07, 6.45) is 2.65. The first-order valence-electron chi connectivity index (χ1n) is 11.4. The zero-order valence-electron chi connectivity index (χ0n) is 19.1. The summed E-state index contributed by atoms with van der Waals surface area (Å²) < 4.78 is 19.6. The molecule has 2 N–H and O–H groups in total. The maximum Gasteiger partial charge on any atom is 0.220 e. The smallest absolute Gasteiger partial charge is 0.220 e. The highest BCUT2D eigenvalue weighted by molar-refractivity contribution is 7.09. The number of carbonyl (C=O) groups is 2. The van der Waals surface area contributed by atoms with Gasteiger partial charge in [-0.15, -0.1) is 11.3 Å². The summed E-state index contributed by atoms with van der Waals surface area (Å²) in [6.45, 7) is 0.493. The number of aromatic nitrogens is 1. The molecule has 0 unspecified atom stereocenters. The van der Waals surface area contributed by atoms with Crippen LogP contribution in [0.4, 0.5) is 4.39 Å². The molecule has 0 spiro atoms. The van der Waals surface area contributed by atoms with E-state index in [0.717, 1.165) is 16.3 Å². The number of hydrogen-bond donors (Lipinski definition) is 2. The maximum absolute atomic E-state index is 14.5. The molecule has 1 aromatic heterocycles. The maximum atomic E-state index is 14.5. The van der Waals surface area contributed by atoms with Gasteiger partial charge in [-0.1, -0.05) is 36.4 Å². The van der Waals surface area contributed by atoms with Crippen molar-refractivity contribution >= 4 is 23.2 Å². The van der Waals surface area contributed by atoms with Gasteiger partial charge in [-0.25, -0.2) is 9.37 Å². The minimum Gasteiger partial charge on any atom is -0.497 e. The van der Waals surface area contributed by atoms with E-state index in [2.05, 4.69) is 15.6 Å². The minimum atomic E-state index is -0.621. The summed E-state index contributed by atoms with van der Waals surface area (Å²) in [5.74, 6) is -0.0771. The van der Waals surface area contributed by atoms with Crippen LogP contribution in [0.5, 0.6) is 5.75 Å². The van der Waals surface area contributed by atoms with E-state index in [1.54, 1.807) is 23.5 Å². The molecule has 1 aliphatic heterocycles. The molecule has 1 saturated heterocycles. The largest absolute Gasteiger partial charge is 0.497 e.